The Morgan fingerprint density at radius 3 is 1.71 bits per heavy atom. The van der Waals surface area contributed by atoms with Gasteiger partial charge in [-0.05, 0) is 48.5 Å². The van der Waals surface area contributed by atoms with Crippen LogP contribution in [-0.4, -0.2) is 32.1 Å². The Bertz CT molecular complexity index is 1300. The molecule has 34 heavy (non-hydrogen) atoms. The number of carbonyl (C=O) groups is 2. The van der Waals surface area contributed by atoms with Crippen molar-refractivity contribution < 1.29 is 14.7 Å². The summed E-state index contributed by atoms with van der Waals surface area (Å²) in [5, 5.41) is 15.2. The van der Waals surface area contributed by atoms with Crippen molar-refractivity contribution in [2.45, 2.75) is 5.92 Å². The van der Waals surface area contributed by atoms with Crippen molar-refractivity contribution in [2.24, 2.45) is 11.5 Å². The molecule has 3 aromatic heterocycles. The maximum absolute atomic E-state index is 11.3. The molecule has 0 saturated carbocycles. The van der Waals surface area contributed by atoms with E-state index >= 15 is 0 Å². The predicted octanol–water partition coefficient (Wildman–Crippen LogP) is 3.41. The molecule has 170 valence electrons. The topological polar surface area (TPSA) is 169 Å². The molecule has 1 aromatic carbocycles. The number of primary amides is 2. The van der Waals surface area contributed by atoms with Crippen LogP contribution < -0.4 is 22.1 Å². The molecule has 0 aliphatic rings. The lowest BCUT2D eigenvalue weighted by Gasteiger charge is -2.18. The normalized spacial score (nSPS) is 10.6. The number of aromatic nitrogens is 3. The van der Waals surface area contributed by atoms with E-state index < -0.39 is 18.0 Å². The smallest absolute Gasteiger partial charge is 0.317 e. The van der Waals surface area contributed by atoms with Gasteiger partial charge in [-0.15, -0.1) is 0 Å². The Labute approximate surface area is 194 Å². The second-order valence-corrected chi connectivity index (χ2v) is 7.27. The lowest BCUT2D eigenvalue weighted by Crippen LogP contribution is -2.21. The van der Waals surface area contributed by atoms with Gasteiger partial charge in [-0.25, -0.2) is 19.6 Å². The molecule has 0 saturated heterocycles. The van der Waals surface area contributed by atoms with Crippen LogP contribution in [0.4, 0.5) is 21.2 Å². The number of hydrogen-bond acceptors (Lipinski definition) is 6. The quantitative estimate of drug-likeness (QED) is 0.298. The molecule has 4 rings (SSSR count). The van der Waals surface area contributed by atoms with Gasteiger partial charge in [0.05, 0.1) is 28.7 Å². The highest BCUT2D eigenvalue weighted by atomic mass is 16.3. The lowest BCUT2D eigenvalue weighted by molar-refractivity contribution is 0.258. The third kappa shape index (κ3) is 5.07. The summed E-state index contributed by atoms with van der Waals surface area (Å²) in [6.45, 7) is 0. The number of para-hydroxylation sites is 1. The molecule has 10 heteroatoms. The number of anilines is 2. The number of pyridine rings is 3. The molecular weight excluding hydrogens is 434 g/mol. The number of aromatic hydroxyl groups is 1. The van der Waals surface area contributed by atoms with Gasteiger partial charge in [0.25, 0.3) is 0 Å². The zero-order chi connectivity index (χ0) is 24.1. The fourth-order valence-corrected chi connectivity index (χ4v) is 3.52. The first-order valence-corrected chi connectivity index (χ1v) is 10.2. The van der Waals surface area contributed by atoms with Crippen LogP contribution in [0, 0.1) is 0 Å². The van der Waals surface area contributed by atoms with Crippen molar-refractivity contribution >= 4 is 23.7 Å². The van der Waals surface area contributed by atoms with Gasteiger partial charge in [0.2, 0.25) is 0 Å². The van der Waals surface area contributed by atoms with Crippen LogP contribution in [0.2, 0.25) is 0 Å². The number of nitrogens with one attached hydrogen (secondary N) is 2. The molecule has 0 bridgehead atoms. The van der Waals surface area contributed by atoms with E-state index in [1.54, 1.807) is 66.7 Å². The average Bonchev–Trinajstić information content (AvgIpc) is 2.79. The molecular formula is C24H21N7O3. The number of benzene rings is 1. The minimum atomic E-state index is -0.744. The molecule has 7 N–H and O–H groups in total. The molecule has 0 radical (unpaired) electrons. The fourth-order valence-electron chi connectivity index (χ4n) is 3.52. The Balaban J connectivity index is 1.86. The van der Waals surface area contributed by atoms with Gasteiger partial charge in [0.1, 0.15) is 17.4 Å². The van der Waals surface area contributed by atoms with E-state index in [0.29, 0.717) is 28.3 Å². The van der Waals surface area contributed by atoms with E-state index in [9.17, 15) is 14.7 Å². The number of amides is 4. The first-order valence-electron chi connectivity index (χ1n) is 10.2. The predicted molar refractivity (Wildman–Crippen MR) is 127 cm³/mol. The summed E-state index contributed by atoms with van der Waals surface area (Å²) < 4.78 is 0. The first kappa shape index (κ1) is 22.2. The van der Waals surface area contributed by atoms with Crippen molar-refractivity contribution in [1.29, 1.82) is 0 Å². The summed E-state index contributed by atoms with van der Waals surface area (Å²) in [6.07, 6.45) is 0. The highest BCUT2D eigenvalue weighted by Gasteiger charge is 2.23. The second-order valence-electron chi connectivity index (χ2n) is 7.27. The molecule has 0 unspecified atom stereocenters. The molecule has 0 aliphatic carbocycles. The Hall–Kier alpha value is -4.99. The van der Waals surface area contributed by atoms with Gasteiger partial charge >= 0.3 is 12.1 Å². The van der Waals surface area contributed by atoms with Crippen molar-refractivity contribution in [2.75, 3.05) is 10.6 Å². The van der Waals surface area contributed by atoms with Crippen LogP contribution in [0.3, 0.4) is 0 Å². The van der Waals surface area contributed by atoms with Crippen molar-refractivity contribution in [3.05, 3.63) is 95.9 Å². The highest BCUT2D eigenvalue weighted by molar-refractivity contribution is 5.87. The highest BCUT2D eigenvalue weighted by Crippen LogP contribution is 2.33. The van der Waals surface area contributed by atoms with E-state index in [1.165, 1.54) is 0 Å². The van der Waals surface area contributed by atoms with Crippen LogP contribution in [0.5, 0.6) is 5.75 Å². The van der Waals surface area contributed by atoms with E-state index in [2.05, 4.69) is 20.6 Å². The number of nitrogens with two attached hydrogens (primary N) is 2. The molecule has 4 aromatic rings. The van der Waals surface area contributed by atoms with Crippen molar-refractivity contribution in [3.8, 4) is 17.0 Å². The minimum Gasteiger partial charge on any atom is -0.507 e. The van der Waals surface area contributed by atoms with Crippen LogP contribution in [0.1, 0.15) is 23.0 Å². The van der Waals surface area contributed by atoms with Crippen LogP contribution in [-0.2, 0) is 0 Å². The second kappa shape index (κ2) is 9.65. The lowest BCUT2D eigenvalue weighted by atomic mass is 9.94. The summed E-state index contributed by atoms with van der Waals surface area (Å²) >= 11 is 0. The molecule has 0 aliphatic heterocycles. The Morgan fingerprint density at radius 2 is 1.18 bits per heavy atom. The summed E-state index contributed by atoms with van der Waals surface area (Å²) in [5.41, 5.74) is 13.2. The van der Waals surface area contributed by atoms with Gasteiger partial charge in [-0.3, -0.25) is 15.6 Å². The van der Waals surface area contributed by atoms with E-state index in [1.807, 2.05) is 12.1 Å². The SMILES string of the molecule is NC(=O)Nc1cccc(C(c2cccc(NC(N)=O)n2)c2cccc(-c3ccccc3O)n2)n1. The van der Waals surface area contributed by atoms with Gasteiger partial charge in [0, 0.05) is 5.56 Å². The van der Waals surface area contributed by atoms with Gasteiger partial charge in [-0.1, -0.05) is 30.3 Å². The van der Waals surface area contributed by atoms with Gasteiger partial charge < -0.3 is 16.6 Å². The number of urea groups is 2. The molecule has 0 atom stereocenters. The Kier molecular flexibility index (Phi) is 6.31. The Morgan fingerprint density at radius 1 is 0.676 bits per heavy atom. The number of nitrogens with zero attached hydrogens (tertiary/aromatic N) is 3. The molecule has 0 spiro atoms. The number of carbonyl (C=O) groups excluding carboxylic acids is 2. The average molecular weight is 455 g/mol. The summed E-state index contributed by atoms with van der Waals surface area (Å²) in [6, 6.07) is 21.0. The van der Waals surface area contributed by atoms with E-state index in [0.717, 1.165) is 0 Å². The molecule has 10 nitrogen and oxygen atoms in total. The molecule has 3 heterocycles. The summed E-state index contributed by atoms with van der Waals surface area (Å²) in [7, 11) is 0. The molecule has 0 fully saturated rings. The zero-order valence-corrected chi connectivity index (χ0v) is 17.8. The van der Waals surface area contributed by atoms with Crippen molar-refractivity contribution in [3.63, 3.8) is 0 Å². The third-order valence-corrected chi connectivity index (χ3v) is 4.88. The number of hydrogen-bond donors (Lipinski definition) is 5. The van der Waals surface area contributed by atoms with Gasteiger partial charge in [-0.2, -0.15) is 0 Å². The summed E-state index contributed by atoms with van der Waals surface area (Å²) in [5.74, 6) is 0.0341. The van der Waals surface area contributed by atoms with E-state index in [-0.39, 0.29) is 17.4 Å². The van der Waals surface area contributed by atoms with Crippen LogP contribution >= 0.6 is 0 Å². The number of phenols is 1. The first-order chi connectivity index (χ1) is 16.4. The zero-order valence-electron chi connectivity index (χ0n) is 17.8. The maximum Gasteiger partial charge on any atom is 0.317 e. The largest absolute Gasteiger partial charge is 0.507 e. The number of phenolic OH excluding ortho intramolecular Hbond substituents is 1. The third-order valence-electron chi connectivity index (χ3n) is 4.88. The monoisotopic (exact) mass is 455 g/mol. The van der Waals surface area contributed by atoms with Crippen molar-refractivity contribution in [1.82, 2.24) is 15.0 Å². The van der Waals surface area contributed by atoms with Crippen LogP contribution in [0.25, 0.3) is 11.3 Å². The van der Waals surface area contributed by atoms with Crippen LogP contribution in [0.15, 0.2) is 78.9 Å². The maximum atomic E-state index is 11.3. The molecule has 4 amide bonds. The number of rotatable bonds is 6. The summed E-state index contributed by atoms with van der Waals surface area (Å²) in [4.78, 5) is 36.5. The minimum absolute atomic E-state index is 0.0975. The van der Waals surface area contributed by atoms with Gasteiger partial charge in [0.15, 0.2) is 0 Å². The standard InChI is InChI=1S/C24H21N7O3/c25-23(33)30-20-12-4-9-17(28-20)22(18-10-5-13-21(29-18)31-24(26)34)16-8-3-7-15(27-16)14-6-1-2-11-19(14)32/h1-13,22,32H,(H3,25,28,30,33)(H3,26,29,31,34). The fraction of sp³-hybridized carbons (Fsp3) is 0.0417. The van der Waals surface area contributed by atoms with E-state index in [4.69, 9.17) is 16.5 Å².